The summed E-state index contributed by atoms with van der Waals surface area (Å²) in [5.74, 6) is 0.258. The zero-order valence-corrected chi connectivity index (χ0v) is 6.99. The highest BCUT2D eigenvalue weighted by molar-refractivity contribution is 5.53. The molecule has 0 amide bonds. The van der Waals surface area contributed by atoms with Gasteiger partial charge in [-0.25, -0.2) is 0 Å². The number of aliphatic hydroxyl groups is 1. The Balaban J connectivity index is 2.84. The maximum absolute atomic E-state index is 8.98. The molecule has 0 unspecified atom stereocenters. The maximum Gasteiger partial charge on any atom is 0.115 e. The van der Waals surface area contributed by atoms with Gasteiger partial charge in [-0.3, -0.25) is 0 Å². The van der Waals surface area contributed by atoms with E-state index in [1.807, 2.05) is 13.0 Å². The van der Waals surface area contributed by atoms with E-state index in [-0.39, 0.29) is 12.4 Å². The molecule has 0 saturated carbocycles. The lowest BCUT2D eigenvalue weighted by molar-refractivity contribution is 0.332. The molecular formula is C10H12O2. The van der Waals surface area contributed by atoms with E-state index in [0.717, 1.165) is 11.1 Å². The van der Waals surface area contributed by atoms with Crippen LogP contribution in [0.15, 0.2) is 29.8 Å². The SMILES string of the molecule is C/C(=C/c1ccc(O)cc1)CO. The van der Waals surface area contributed by atoms with Crippen LogP contribution in [0.3, 0.4) is 0 Å². The second kappa shape index (κ2) is 3.93. The molecule has 64 valence electrons. The van der Waals surface area contributed by atoms with Crippen LogP contribution in [-0.2, 0) is 0 Å². The summed E-state index contributed by atoms with van der Waals surface area (Å²) in [6, 6.07) is 6.84. The normalized spacial score (nSPS) is 11.7. The van der Waals surface area contributed by atoms with E-state index >= 15 is 0 Å². The quantitative estimate of drug-likeness (QED) is 0.699. The molecule has 0 fully saturated rings. The van der Waals surface area contributed by atoms with E-state index in [1.165, 1.54) is 0 Å². The average Bonchev–Trinajstić information content (AvgIpc) is 2.09. The molecule has 2 nitrogen and oxygen atoms in total. The van der Waals surface area contributed by atoms with Gasteiger partial charge in [0.2, 0.25) is 0 Å². The number of aromatic hydroxyl groups is 1. The Morgan fingerprint density at radius 2 is 1.92 bits per heavy atom. The Morgan fingerprint density at radius 3 is 2.42 bits per heavy atom. The van der Waals surface area contributed by atoms with Crippen molar-refractivity contribution in [3.63, 3.8) is 0 Å². The minimum absolute atomic E-state index is 0.0703. The zero-order chi connectivity index (χ0) is 8.97. The fourth-order valence-corrected chi connectivity index (χ4v) is 0.901. The van der Waals surface area contributed by atoms with Gasteiger partial charge in [-0.2, -0.15) is 0 Å². The van der Waals surface area contributed by atoms with Crippen molar-refractivity contribution in [1.82, 2.24) is 0 Å². The van der Waals surface area contributed by atoms with Crippen molar-refractivity contribution in [3.05, 3.63) is 35.4 Å². The van der Waals surface area contributed by atoms with Crippen molar-refractivity contribution < 1.29 is 10.2 Å². The minimum atomic E-state index is 0.0703. The van der Waals surface area contributed by atoms with Crippen molar-refractivity contribution in [1.29, 1.82) is 0 Å². The van der Waals surface area contributed by atoms with Crippen LogP contribution in [-0.4, -0.2) is 16.8 Å². The molecule has 0 aliphatic heterocycles. The monoisotopic (exact) mass is 164 g/mol. The summed E-state index contributed by atoms with van der Waals surface area (Å²) in [5, 5.41) is 17.7. The zero-order valence-electron chi connectivity index (χ0n) is 6.99. The summed E-state index contributed by atoms with van der Waals surface area (Å²) in [6.45, 7) is 1.92. The Hall–Kier alpha value is -1.28. The van der Waals surface area contributed by atoms with Crippen LogP contribution in [0, 0.1) is 0 Å². The van der Waals surface area contributed by atoms with Gasteiger partial charge in [0, 0.05) is 0 Å². The van der Waals surface area contributed by atoms with E-state index < -0.39 is 0 Å². The van der Waals surface area contributed by atoms with Gasteiger partial charge in [0.25, 0.3) is 0 Å². The molecule has 0 aliphatic rings. The van der Waals surface area contributed by atoms with Crippen molar-refractivity contribution >= 4 is 6.08 Å². The van der Waals surface area contributed by atoms with Crippen LogP contribution in [0.1, 0.15) is 12.5 Å². The molecule has 1 rings (SSSR count). The van der Waals surface area contributed by atoms with Gasteiger partial charge in [0.05, 0.1) is 6.61 Å². The topological polar surface area (TPSA) is 40.5 Å². The van der Waals surface area contributed by atoms with Crippen LogP contribution < -0.4 is 0 Å². The van der Waals surface area contributed by atoms with Gasteiger partial charge < -0.3 is 10.2 Å². The first kappa shape index (κ1) is 8.81. The Labute approximate surface area is 71.8 Å². The number of hydrogen-bond acceptors (Lipinski definition) is 2. The fraction of sp³-hybridized carbons (Fsp3) is 0.200. The van der Waals surface area contributed by atoms with E-state index in [2.05, 4.69) is 0 Å². The smallest absolute Gasteiger partial charge is 0.115 e. The van der Waals surface area contributed by atoms with Crippen LogP contribution in [0.5, 0.6) is 5.75 Å². The van der Waals surface area contributed by atoms with Gasteiger partial charge in [0.1, 0.15) is 5.75 Å². The minimum Gasteiger partial charge on any atom is -0.508 e. The molecular weight excluding hydrogens is 152 g/mol. The molecule has 0 heterocycles. The largest absolute Gasteiger partial charge is 0.508 e. The molecule has 0 bridgehead atoms. The van der Waals surface area contributed by atoms with Gasteiger partial charge in [0.15, 0.2) is 0 Å². The lowest BCUT2D eigenvalue weighted by Crippen LogP contribution is -1.83. The highest BCUT2D eigenvalue weighted by Crippen LogP contribution is 2.12. The molecule has 2 N–H and O–H groups in total. The summed E-state index contributed by atoms with van der Waals surface area (Å²) < 4.78 is 0. The van der Waals surface area contributed by atoms with Crippen LogP contribution in [0.25, 0.3) is 6.08 Å². The summed E-state index contributed by atoms with van der Waals surface area (Å²) in [6.07, 6.45) is 1.87. The van der Waals surface area contributed by atoms with Gasteiger partial charge >= 0.3 is 0 Å². The Bertz CT molecular complexity index is 272. The first-order chi connectivity index (χ1) is 5.72. The predicted octanol–water partition coefficient (Wildman–Crippen LogP) is 1.79. The van der Waals surface area contributed by atoms with Gasteiger partial charge in [-0.1, -0.05) is 18.2 Å². The molecule has 0 aromatic heterocycles. The third kappa shape index (κ3) is 2.40. The lowest BCUT2D eigenvalue weighted by atomic mass is 10.1. The molecule has 0 aliphatic carbocycles. The maximum atomic E-state index is 8.98. The lowest BCUT2D eigenvalue weighted by Gasteiger charge is -1.96. The second-order valence-corrected chi connectivity index (χ2v) is 2.74. The van der Waals surface area contributed by atoms with Gasteiger partial charge in [-0.15, -0.1) is 0 Å². The molecule has 0 radical (unpaired) electrons. The van der Waals surface area contributed by atoms with Crippen molar-refractivity contribution in [2.75, 3.05) is 6.61 Å². The van der Waals surface area contributed by atoms with Crippen molar-refractivity contribution in [3.8, 4) is 5.75 Å². The van der Waals surface area contributed by atoms with Crippen molar-refractivity contribution in [2.45, 2.75) is 6.92 Å². The van der Waals surface area contributed by atoms with Crippen molar-refractivity contribution in [2.24, 2.45) is 0 Å². The molecule has 0 saturated heterocycles. The van der Waals surface area contributed by atoms with Crippen LogP contribution in [0.2, 0.25) is 0 Å². The van der Waals surface area contributed by atoms with E-state index in [9.17, 15) is 0 Å². The average molecular weight is 164 g/mol. The first-order valence-electron chi connectivity index (χ1n) is 3.79. The van der Waals surface area contributed by atoms with E-state index in [4.69, 9.17) is 10.2 Å². The molecule has 0 atom stereocenters. The summed E-state index contributed by atoms with van der Waals surface area (Å²) in [4.78, 5) is 0. The molecule has 0 spiro atoms. The molecule has 1 aromatic rings. The second-order valence-electron chi connectivity index (χ2n) is 2.74. The third-order valence-electron chi connectivity index (χ3n) is 1.56. The standard InChI is InChI=1S/C10H12O2/c1-8(7-11)6-9-2-4-10(12)5-3-9/h2-6,11-12H,7H2,1H3/b8-6-. The highest BCUT2D eigenvalue weighted by Gasteiger charge is 1.90. The molecule has 1 aromatic carbocycles. The number of phenolic OH excluding ortho intramolecular Hbond substituents is 1. The van der Waals surface area contributed by atoms with E-state index in [0.29, 0.717) is 0 Å². The predicted molar refractivity (Wildman–Crippen MR) is 48.8 cm³/mol. The summed E-state index contributed by atoms with van der Waals surface area (Å²) >= 11 is 0. The number of benzene rings is 1. The summed E-state index contributed by atoms with van der Waals surface area (Å²) in [5.41, 5.74) is 1.89. The highest BCUT2D eigenvalue weighted by atomic mass is 16.3. The Kier molecular flexibility index (Phi) is 2.88. The van der Waals surface area contributed by atoms with Gasteiger partial charge in [-0.05, 0) is 30.2 Å². The fourth-order valence-electron chi connectivity index (χ4n) is 0.901. The number of hydrogen-bond donors (Lipinski definition) is 2. The number of phenols is 1. The summed E-state index contributed by atoms with van der Waals surface area (Å²) in [7, 11) is 0. The number of rotatable bonds is 2. The van der Waals surface area contributed by atoms with Crippen LogP contribution >= 0.6 is 0 Å². The molecule has 2 heteroatoms. The Morgan fingerprint density at radius 1 is 1.33 bits per heavy atom. The van der Waals surface area contributed by atoms with E-state index in [1.54, 1.807) is 24.3 Å². The number of aliphatic hydroxyl groups excluding tert-OH is 1. The molecule has 12 heavy (non-hydrogen) atoms. The van der Waals surface area contributed by atoms with Crippen LogP contribution in [0.4, 0.5) is 0 Å². The third-order valence-corrected chi connectivity index (χ3v) is 1.56. The first-order valence-corrected chi connectivity index (χ1v) is 3.79.